The van der Waals surface area contributed by atoms with Crippen molar-refractivity contribution in [3.8, 4) is 0 Å². The van der Waals surface area contributed by atoms with Crippen LogP contribution in [0.25, 0.3) is 0 Å². The van der Waals surface area contributed by atoms with E-state index in [1.165, 1.54) is 12.3 Å². The van der Waals surface area contributed by atoms with Crippen LogP contribution in [0.4, 0.5) is 0 Å². The van der Waals surface area contributed by atoms with Crippen LogP contribution in [0.1, 0.15) is 6.42 Å². The molecule has 1 fully saturated rings. The van der Waals surface area contributed by atoms with Gasteiger partial charge in [-0.2, -0.15) is 0 Å². The molecule has 0 radical (unpaired) electrons. The fourth-order valence-electron chi connectivity index (χ4n) is 1.55. The highest BCUT2D eigenvalue weighted by molar-refractivity contribution is 5.87. The Hall–Kier alpha value is -1.62. The Kier molecular flexibility index (Phi) is 4.72. The van der Waals surface area contributed by atoms with E-state index in [4.69, 9.17) is 4.74 Å². The first-order valence-corrected chi connectivity index (χ1v) is 5.10. The van der Waals surface area contributed by atoms with Gasteiger partial charge in [0.25, 0.3) is 0 Å². The van der Waals surface area contributed by atoms with Crippen molar-refractivity contribution in [2.75, 3.05) is 19.7 Å². The normalized spacial score (nSPS) is 20.0. The fourth-order valence-corrected chi connectivity index (χ4v) is 1.55. The predicted molar refractivity (Wildman–Crippen MR) is 59.5 cm³/mol. The summed E-state index contributed by atoms with van der Waals surface area (Å²) in [4.78, 5) is 24.3. The maximum Gasteiger partial charge on any atom is 0.246 e. The minimum atomic E-state index is -0.252. The van der Waals surface area contributed by atoms with E-state index in [9.17, 15) is 9.59 Å². The van der Waals surface area contributed by atoms with Crippen molar-refractivity contribution in [1.82, 2.24) is 10.2 Å². The Morgan fingerprint density at radius 2 is 2.25 bits per heavy atom. The van der Waals surface area contributed by atoms with Crippen LogP contribution in [-0.4, -0.2) is 42.5 Å². The van der Waals surface area contributed by atoms with Crippen LogP contribution in [0.5, 0.6) is 0 Å². The number of rotatable bonds is 4. The molecule has 1 N–H and O–H groups in total. The van der Waals surface area contributed by atoms with Crippen molar-refractivity contribution < 1.29 is 14.3 Å². The first-order chi connectivity index (χ1) is 7.67. The Morgan fingerprint density at radius 3 is 2.88 bits per heavy atom. The quantitative estimate of drug-likeness (QED) is 0.686. The minimum Gasteiger partial charge on any atom is -0.374 e. The molecule has 88 valence electrons. The van der Waals surface area contributed by atoms with E-state index in [1.54, 1.807) is 4.90 Å². The van der Waals surface area contributed by atoms with Gasteiger partial charge in [-0.25, -0.2) is 0 Å². The molecule has 2 amide bonds. The van der Waals surface area contributed by atoms with Crippen molar-refractivity contribution >= 4 is 11.8 Å². The molecule has 0 aromatic rings. The highest BCUT2D eigenvalue weighted by Gasteiger charge is 2.24. The number of carbonyl (C=O) groups is 2. The zero-order valence-electron chi connectivity index (χ0n) is 9.15. The summed E-state index contributed by atoms with van der Waals surface area (Å²) in [7, 11) is 0. The average Bonchev–Trinajstić information content (AvgIpc) is 2.28. The first-order valence-electron chi connectivity index (χ1n) is 5.10. The molecular weight excluding hydrogens is 208 g/mol. The molecule has 1 heterocycles. The van der Waals surface area contributed by atoms with Gasteiger partial charge in [-0.1, -0.05) is 13.2 Å². The lowest BCUT2D eigenvalue weighted by Gasteiger charge is -2.31. The summed E-state index contributed by atoms with van der Waals surface area (Å²) in [5.41, 5.74) is 0. The zero-order chi connectivity index (χ0) is 12.0. The Balaban J connectivity index is 2.44. The van der Waals surface area contributed by atoms with Crippen LogP contribution >= 0.6 is 0 Å². The van der Waals surface area contributed by atoms with Gasteiger partial charge in [-0.3, -0.25) is 9.59 Å². The van der Waals surface area contributed by atoms with Crippen molar-refractivity contribution in [1.29, 1.82) is 0 Å². The Morgan fingerprint density at radius 1 is 1.50 bits per heavy atom. The van der Waals surface area contributed by atoms with Crippen LogP contribution in [0.2, 0.25) is 0 Å². The molecular formula is C11H16N2O3. The van der Waals surface area contributed by atoms with Gasteiger partial charge >= 0.3 is 0 Å². The lowest BCUT2D eigenvalue weighted by molar-refractivity contribution is -0.137. The van der Waals surface area contributed by atoms with Crippen LogP contribution in [0.15, 0.2) is 25.4 Å². The van der Waals surface area contributed by atoms with E-state index in [0.717, 1.165) is 0 Å². The maximum atomic E-state index is 11.4. The van der Waals surface area contributed by atoms with E-state index < -0.39 is 0 Å². The number of nitrogens with zero attached hydrogens (tertiary/aromatic N) is 1. The first kappa shape index (κ1) is 12.4. The Bertz CT molecular complexity index is 302. The second-order valence-electron chi connectivity index (χ2n) is 3.46. The monoisotopic (exact) mass is 224 g/mol. The summed E-state index contributed by atoms with van der Waals surface area (Å²) < 4.78 is 5.40. The number of morpholine rings is 1. The van der Waals surface area contributed by atoms with E-state index in [0.29, 0.717) is 19.7 Å². The standard InChI is InChI=1S/C11H16N2O3/c1-3-11(15)13-5-6-16-9(8-13)7-10(14)12-4-2/h3-4,9H,1-2,5-8H2,(H,12,14). The van der Waals surface area contributed by atoms with Gasteiger partial charge in [-0.15, -0.1) is 0 Å². The molecule has 0 aliphatic carbocycles. The van der Waals surface area contributed by atoms with Gasteiger partial charge in [0.1, 0.15) is 0 Å². The lowest BCUT2D eigenvalue weighted by atomic mass is 10.2. The van der Waals surface area contributed by atoms with E-state index in [2.05, 4.69) is 18.5 Å². The summed E-state index contributed by atoms with van der Waals surface area (Å²) in [5.74, 6) is -0.287. The van der Waals surface area contributed by atoms with E-state index in [1.807, 2.05) is 0 Å². The molecule has 0 aromatic carbocycles. The van der Waals surface area contributed by atoms with Gasteiger partial charge in [0.05, 0.1) is 19.1 Å². The number of amides is 2. The fraction of sp³-hybridized carbons (Fsp3) is 0.455. The summed E-state index contributed by atoms with van der Waals surface area (Å²) in [6.45, 7) is 8.25. The third-order valence-corrected chi connectivity index (χ3v) is 2.30. The molecule has 16 heavy (non-hydrogen) atoms. The van der Waals surface area contributed by atoms with Crippen LogP contribution in [-0.2, 0) is 14.3 Å². The largest absolute Gasteiger partial charge is 0.374 e. The number of hydrogen-bond acceptors (Lipinski definition) is 3. The zero-order valence-corrected chi connectivity index (χ0v) is 9.15. The molecule has 0 bridgehead atoms. The van der Waals surface area contributed by atoms with Crippen molar-refractivity contribution in [2.45, 2.75) is 12.5 Å². The average molecular weight is 224 g/mol. The number of carbonyl (C=O) groups excluding carboxylic acids is 2. The van der Waals surface area contributed by atoms with E-state index >= 15 is 0 Å². The van der Waals surface area contributed by atoms with Crippen molar-refractivity contribution in [2.24, 2.45) is 0 Å². The molecule has 0 spiro atoms. The van der Waals surface area contributed by atoms with Crippen molar-refractivity contribution in [3.05, 3.63) is 25.4 Å². The maximum absolute atomic E-state index is 11.4. The van der Waals surface area contributed by atoms with Crippen LogP contribution in [0.3, 0.4) is 0 Å². The molecule has 1 aliphatic rings. The van der Waals surface area contributed by atoms with Gasteiger partial charge in [0.2, 0.25) is 11.8 Å². The van der Waals surface area contributed by atoms with Gasteiger partial charge in [-0.05, 0) is 12.3 Å². The van der Waals surface area contributed by atoms with Crippen molar-refractivity contribution in [3.63, 3.8) is 0 Å². The van der Waals surface area contributed by atoms with Crippen LogP contribution < -0.4 is 5.32 Å². The highest BCUT2D eigenvalue weighted by atomic mass is 16.5. The molecule has 1 saturated heterocycles. The molecule has 5 nitrogen and oxygen atoms in total. The van der Waals surface area contributed by atoms with Gasteiger partial charge < -0.3 is 15.0 Å². The van der Waals surface area contributed by atoms with Gasteiger partial charge in [0.15, 0.2) is 0 Å². The number of hydrogen-bond donors (Lipinski definition) is 1. The number of ether oxygens (including phenoxy) is 1. The molecule has 1 unspecified atom stereocenters. The molecule has 0 saturated carbocycles. The lowest BCUT2D eigenvalue weighted by Crippen LogP contribution is -2.46. The number of nitrogens with one attached hydrogen (secondary N) is 1. The molecule has 1 aliphatic heterocycles. The summed E-state index contributed by atoms with van der Waals surface area (Å²) in [6.07, 6.45) is 2.58. The SMILES string of the molecule is C=CNC(=O)CC1CN(C(=O)C=C)CCO1. The minimum absolute atomic E-state index is 0.127. The van der Waals surface area contributed by atoms with E-state index in [-0.39, 0.29) is 24.3 Å². The van der Waals surface area contributed by atoms with Crippen LogP contribution in [0, 0.1) is 0 Å². The third kappa shape index (κ3) is 3.51. The molecule has 0 aromatic heterocycles. The highest BCUT2D eigenvalue weighted by Crippen LogP contribution is 2.09. The topological polar surface area (TPSA) is 58.6 Å². The Labute approximate surface area is 94.7 Å². The molecule has 1 atom stereocenters. The predicted octanol–water partition coefficient (Wildman–Crippen LogP) is 0.0496. The second-order valence-corrected chi connectivity index (χ2v) is 3.46. The smallest absolute Gasteiger partial charge is 0.246 e. The molecule has 1 rings (SSSR count). The summed E-state index contributed by atoms with van der Waals surface area (Å²) in [6, 6.07) is 0. The van der Waals surface area contributed by atoms with Gasteiger partial charge in [0, 0.05) is 13.1 Å². The second kappa shape index (κ2) is 6.07. The molecule has 5 heteroatoms. The summed E-state index contributed by atoms with van der Waals surface area (Å²) in [5, 5.41) is 2.47. The third-order valence-electron chi connectivity index (χ3n) is 2.30. The summed E-state index contributed by atoms with van der Waals surface area (Å²) >= 11 is 0.